The lowest BCUT2D eigenvalue weighted by atomic mass is 9.99. The molecule has 126 valence electrons. The number of rotatable bonds is 4. The molecule has 0 aliphatic carbocycles. The van der Waals surface area contributed by atoms with Crippen LogP contribution in [0.3, 0.4) is 0 Å². The van der Waals surface area contributed by atoms with E-state index in [0.29, 0.717) is 6.54 Å². The van der Waals surface area contributed by atoms with E-state index < -0.39 is 12.0 Å². The molecule has 1 aromatic heterocycles. The van der Waals surface area contributed by atoms with Crippen molar-refractivity contribution in [3.8, 4) is 5.75 Å². The van der Waals surface area contributed by atoms with Gasteiger partial charge in [0.25, 0.3) is 0 Å². The number of methoxy groups -OCH3 is 2. The van der Waals surface area contributed by atoms with Crippen LogP contribution in [0.1, 0.15) is 22.0 Å². The molecule has 0 spiro atoms. The van der Waals surface area contributed by atoms with E-state index in [9.17, 15) is 9.59 Å². The third-order valence-corrected chi connectivity index (χ3v) is 5.22. The predicted octanol–water partition coefficient (Wildman–Crippen LogP) is 2.60. The minimum atomic E-state index is -0.643. The number of hydrogen-bond acceptors (Lipinski definition) is 5. The highest BCUT2D eigenvalue weighted by molar-refractivity contribution is 7.10. The SMILES string of the molecule is COC(=O)C1c2ccsc2CCN1C(=O)Cc1ccc(OC)cc1. The average Bonchev–Trinajstić information content (AvgIpc) is 3.09. The van der Waals surface area contributed by atoms with Crippen molar-refractivity contribution in [2.75, 3.05) is 20.8 Å². The fourth-order valence-electron chi connectivity index (χ4n) is 2.97. The summed E-state index contributed by atoms with van der Waals surface area (Å²) in [6, 6.07) is 8.65. The maximum Gasteiger partial charge on any atom is 0.333 e. The number of fused-ring (bicyclic) bond motifs is 1. The monoisotopic (exact) mass is 345 g/mol. The maximum absolute atomic E-state index is 12.8. The van der Waals surface area contributed by atoms with E-state index in [1.54, 1.807) is 23.3 Å². The molecule has 2 aromatic rings. The van der Waals surface area contributed by atoms with E-state index in [0.717, 1.165) is 28.2 Å². The molecular weight excluding hydrogens is 326 g/mol. The van der Waals surface area contributed by atoms with Gasteiger partial charge in [-0.2, -0.15) is 0 Å². The van der Waals surface area contributed by atoms with E-state index in [4.69, 9.17) is 9.47 Å². The molecule has 1 aliphatic rings. The van der Waals surface area contributed by atoms with E-state index >= 15 is 0 Å². The second-order valence-corrected chi connectivity index (χ2v) is 6.59. The number of thiophene rings is 1. The van der Waals surface area contributed by atoms with Gasteiger partial charge >= 0.3 is 5.97 Å². The van der Waals surface area contributed by atoms with Crippen molar-refractivity contribution in [3.63, 3.8) is 0 Å². The smallest absolute Gasteiger partial charge is 0.333 e. The zero-order chi connectivity index (χ0) is 17.1. The van der Waals surface area contributed by atoms with Gasteiger partial charge in [0.2, 0.25) is 5.91 Å². The Morgan fingerprint density at radius 3 is 2.62 bits per heavy atom. The third kappa shape index (κ3) is 3.14. The molecule has 0 N–H and O–H groups in total. The van der Waals surface area contributed by atoms with Gasteiger partial charge < -0.3 is 14.4 Å². The Balaban J connectivity index is 1.81. The molecule has 6 heteroatoms. The maximum atomic E-state index is 12.8. The standard InChI is InChI=1S/C18H19NO4S/c1-22-13-5-3-12(4-6-13)11-16(20)19-9-7-15-14(8-10-24-15)17(19)18(21)23-2/h3-6,8,10,17H,7,9,11H2,1-2H3. The molecule has 1 atom stereocenters. The van der Waals surface area contributed by atoms with Gasteiger partial charge in [0, 0.05) is 11.4 Å². The molecule has 0 bridgehead atoms. The van der Waals surface area contributed by atoms with Crippen molar-refractivity contribution in [1.29, 1.82) is 0 Å². The van der Waals surface area contributed by atoms with Gasteiger partial charge in [0.15, 0.2) is 6.04 Å². The van der Waals surface area contributed by atoms with Gasteiger partial charge in [0.05, 0.1) is 20.6 Å². The summed E-state index contributed by atoms with van der Waals surface area (Å²) >= 11 is 1.62. The normalized spacial score (nSPS) is 16.4. The van der Waals surface area contributed by atoms with Crippen LogP contribution in [0.5, 0.6) is 5.75 Å². The molecule has 0 radical (unpaired) electrons. The van der Waals surface area contributed by atoms with Gasteiger partial charge in [0.1, 0.15) is 5.75 Å². The van der Waals surface area contributed by atoms with E-state index in [-0.39, 0.29) is 12.3 Å². The Morgan fingerprint density at radius 2 is 1.96 bits per heavy atom. The van der Waals surface area contributed by atoms with Crippen molar-refractivity contribution >= 4 is 23.2 Å². The second kappa shape index (κ2) is 7.05. The van der Waals surface area contributed by atoms with Gasteiger partial charge in [-0.05, 0) is 41.1 Å². The molecule has 2 heterocycles. The lowest BCUT2D eigenvalue weighted by Crippen LogP contribution is -2.44. The van der Waals surface area contributed by atoms with Crippen molar-refractivity contribution in [2.45, 2.75) is 18.9 Å². The highest BCUT2D eigenvalue weighted by Crippen LogP contribution is 2.34. The number of carbonyl (C=O) groups excluding carboxylic acids is 2. The average molecular weight is 345 g/mol. The number of ether oxygens (including phenoxy) is 2. The van der Waals surface area contributed by atoms with Crippen LogP contribution in [-0.4, -0.2) is 37.5 Å². The van der Waals surface area contributed by atoms with Crippen LogP contribution in [0.25, 0.3) is 0 Å². The van der Waals surface area contributed by atoms with Crippen molar-refractivity contribution < 1.29 is 19.1 Å². The highest BCUT2D eigenvalue weighted by atomic mass is 32.1. The number of carbonyl (C=O) groups is 2. The summed E-state index contributed by atoms with van der Waals surface area (Å²) in [6.45, 7) is 0.530. The molecule has 24 heavy (non-hydrogen) atoms. The molecule has 1 unspecified atom stereocenters. The zero-order valence-electron chi connectivity index (χ0n) is 13.7. The van der Waals surface area contributed by atoms with Crippen LogP contribution < -0.4 is 4.74 Å². The Labute approximate surface area is 144 Å². The minimum Gasteiger partial charge on any atom is -0.497 e. The first-order valence-corrected chi connectivity index (χ1v) is 8.58. The van der Waals surface area contributed by atoms with Crippen LogP contribution in [0.4, 0.5) is 0 Å². The largest absolute Gasteiger partial charge is 0.497 e. The molecule has 0 saturated heterocycles. The molecule has 0 fully saturated rings. The summed E-state index contributed by atoms with van der Waals surface area (Å²) in [7, 11) is 2.96. The van der Waals surface area contributed by atoms with E-state index in [2.05, 4.69) is 0 Å². The lowest BCUT2D eigenvalue weighted by Gasteiger charge is -2.34. The first-order valence-electron chi connectivity index (χ1n) is 7.70. The van der Waals surface area contributed by atoms with E-state index in [1.807, 2.05) is 35.7 Å². The number of benzene rings is 1. The van der Waals surface area contributed by atoms with Gasteiger partial charge in [-0.15, -0.1) is 11.3 Å². The summed E-state index contributed by atoms with van der Waals surface area (Å²) in [6.07, 6.45) is 1.02. The first kappa shape index (κ1) is 16.5. The molecule has 0 saturated carbocycles. The Morgan fingerprint density at radius 1 is 1.21 bits per heavy atom. The number of nitrogens with zero attached hydrogens (tertiary/aromatic N) is 1. The summed E-state index contributed by atoms with van der Waals surface area (Å²) in [4.78, 5) is 27.8. The van der Waals surface area contributed by atoms with Crippen LogP contribution in [0.2, 0.25) is 0 Å². The summed E-state index contributed by atoms with van der Waals surface area (Å²) in [5.41, 5.74) is 1.78. The number of amides is 1. The predicted molar refractivity (Wildman–Crippen MR) is 91.2 cm³/mol. The second-order valence-electron chi connectivity index (χ2n) is 5.59. The summed E-state index contributed by atoms with van der Waals surface area (Å²) in [5.74, 6) is 0.282. The van der Waals surface area contributed by atoms with Crippen molar-refractivity contribution in [2.24, 2.45) is 0 Å². The molecule has 1 aromatic carbocycles. The third-order valence-electron chi connectivity index (χ3n) is 4.23. The number of esters is 1. The van der Waals surface area contributed by atoms with Crippen molar-refractivity contribution in [1.82, 2.24) is 4.90 Å². The quantitative estimate of drug-likeness (QED) is 0.799. The first-order chi connectivity index (χ1) is 11.6. The van der Waals surface area contributed by atoms with Crippen LogP contribution >= 0.6 is 11.3 Å². The van der Waals surface area contributed by atoms with Gasteiger partial charge in [-0.1, -0.05) is 12.1 Å². The fraction of sp³-hybridized carbons (Fsp3) is 0.333. The zero-order valence-corrected chi connectivity index (χ0v) is 14.5. The van der Waals surface area contributed by atoms with Crippen LogP contribution in [-0.2, 0) is 27.2 Å². The lowest BCUT2D eigenvalue weighted by molar-refractivity contribution is -0.153. The topological polar surface area (TPSA) is 55.8 Å². The van der Waals surface area contributed by atoms with Crippen molar-refractivity contribution in [3.05, 3.63) is 51.7 Å². The Bertz CT molecular complexity index is 738. The fourth-order valence-corrected chi connectivity index (χ4v) is 3.87. The molecule has 5 nitrogen and oxygen atoms in total. The minimum absolute atomic E-state index is 0.0765. The van der Waals surface area contributed by atoms with Gasteiger partial charge in [-0.25, -0.2) is 4.79 Å². The Kier molecular flexibility index (Phi) is 4.85. The van der Waals surface area contributed by atoms with Crippen LogP contribution in [0.15, 0.2) is 35.7 Å². The summed E-state index contributed by atoms with van der Waals surface area (Å²) in [5, 5.41) is 1.96. The van der Waals surface area contributed by atoms with Crippen LogP contribution in [0, 0.1) is 0 Å². The molecule has 1 aliphatic heterocycles. The number of hydrogen-bond donors (Lipinski definition) is 0. The molecule has 1 amide bonds. The van der Waals surface area contributed by atoms with Gasteiger partial charge in [-0.3, -0.25) is 4.79 Å². The van der Waals surface area contributed by atoms with E-state index in [1.165, 1.54) is 7.11 Å². The summed E-state index contributed by atoms with van der Waals surface area (Å²) < 4.78 is 10.1. The molecule has 3 rings (SSSR count). The highest BCUT2D eigenvalue weighted by Gasteiger charge is 2.37. The Hall–Kier alpha value is -2.34. The molecular formula is C18H19NO4S.